The number of nitrogens with one attached hydrogen (secondary N) is 1. The van der Waals surface area contributed by atoms with Crippen molar-refractivity contribution >= 4 is 33.3 Å². The van der Waals surface area contributed by atoms with E-state index in [9.17, 15) is 4.79 Å². The average Bonchev–Trinajstić information content (AvgIpc) is 3.39. The minimum atomic E-state index is -0.159. The second kappa shape index (κ2) is 9.22. The van der Waals surface area contributed by atoms with Gasteiger partial charge < -0.3 is 19.5 Å². The Hall–Kier alpha value is -3.59. The first-order valence-corrected chi connectivity index (χ1v) is 12.5. The van der Waals surface area contributed by atoms with Crippen LogP contribution in [-0.2, 0) is 4.79 Å². The van der Waals surface area contributed by atoms with Crippen molar-refractivity contribution in [2.24, 2.45) is 0 Å². The Morgan fingerprint density at radius 3 is 2.77 bits per heavy atom. The first-order chi connectivity index (χ1) is 16.9. The molecule has 1 atom stereocenters. The number of nitrogens with zero attached hydrogens (tertiary/aromatic N) is 3. The third-order valence-corrected chi connectivity index (χ3v) is 6.89. The molecule has 35 heavy (non-hydrogen) atoms. The summed E-state index contributed by atoms with van der Waals surface area (Å²) in [4.78, 5) is 17.6. The van der Waals surface area contributed by atoms with E-state index in [-0.39, 0.29) is 17.9 Å². The van der Waals surface area contributed by atoms with Gasteiger partial charge in [0.1, 0.15) is 11.6 Å². The summed E-state index contributed by atoms with van der Waals surface area (Å²) >= 11 is 1.51. The monoisotopic (exact) mass is 492 g/mol. The topological polar surface area (TPSA) is 87.5 Å². The highest BCUT2D eigenvalue weighted by Gasteiger charge is 2.33. The number of hydrogen-bond acceptors (Lipinski definition) is 7. The summed E-state index contributed by atoms with van der Waals surface area (Å²) in [6, 6.07) is 11.7. The van der Waals surface area contributed by atoms with Crippen molar-refractivity contribution in [2.75, 3.05) is 19.0 Å². The van der Waals surface area contributed by atoms with Crippen LogP contribution in [0, 0.1) is 6.92 Å². The Morgan fingerprint density at radius 1 is 1.20 bits per heavy atom. The summed E-state index contributed by atoms with van der Waals surface area (Å²) in [5.41, 5.74) is 3.67. The zero-order valence-electron chi connectivity index (χ0n) is 20.4. The maximum Gasteiger partial charge on any atom is 0.226 e. The Bertz CT molecular complexity index is 1410. The Kier molecular flexibility index (Phi) is 6.10. The van der Waals surface area contributed by atoms with Crippen molar-refractivity contribution in [3.05, 3.63) is 53.2 Å². The summed E-state index contributed by atoms with van der Waals surface area (Å²) in [7, 11) is 1.62. The molecule has 1 N–H and O–H groups in total. The smallest absolute Gasteiger partial charge is 0.226 e. The average molecular weight is 493 g/mol. The van der Waals surface area contributed by atoms with Gasteiger partial charge in [0.2, 0.25) is 11.0 Å². The lowest BCUT2D eigenvalue weighted by atomic mass is 9.85. The van der Waals surface area contributed by atoms with Crippen LogP contribution in [0.4, 0.5) is 5.82 Å². The van der Waals surface area contributed by atoms with Gasteiger partial charge in [0, 0.05) is 17.9 Å². The first-order valence-electron chi connectivity index (χ1n) is 11.7. The summed E-state index contributed by atoms with van der Waals surface area (Å²) in [5.74, 6) is 2.57. The Morgan fingerprint density at radius 2 is 2.03 bits per heavy atom. The minimum absolute atomic E-state index is 0.0284. The van der Waals surface area contributed by atoms with E-state index in [1.165, 1.54) is 11.3 Å². The molecule has 2 aromatic heterocycles. The lowest BCUT2D eigenvalue weighted by molar-refractivity contribution is -0.116. The van der Waals surface area contributed by atoms with E-state index < -0.39 is 0 Å². The second-order valence-electron chi connectivity index (χ2n) is 8.70. The second-order valence-corrected chi connectivity index (χ2v) is 9.71. The number of benzene rings is 2. The SMILES string of the molecule is CCOc1ccc2nc(-n3nc(C)c4c3NC(=O)CC4c3ccc(OC(C)C)c(OC)c3)sc2c1. The summed E-state index contributed by atoms with van der Waals surface area (Å²) in [6.07, 6.45) is 0.352. The normalized spacial score (nSPS) is 15.3. The van der Waals surface area contributed by atoms with E-state index in [4.69, 9.17) is 24.3 Å². The van der Waals surface area contributed by atoms with Crippen LogP contribution >= 0.6 is 11.3 Å². The van der Waals surface area contributed by atoms with Crippen LogP contribution in [0.1, 0.15) is 49.9 Å². The molecule has 1 unspecified atom stereocenters. The van der Waals surface area contributed by atoms with Gasteiger partial charge in [-0.3, -0.25) is 4.79 Å². The van der Waals surface area contributed by atoms with Crippen molar-refractivity contribution in [3.8, 4) is 22.4 Å². The minimum Gasteiger partial charge on any atom is -0.494 e. The molecule has 1 aliphatic rings. The van der Waals surface area contributed by atoms with Gasteiger partial charge in [0.25, 0.3) is 0 Å². The number of anilines is 1. The molecule has 4 aromatic rings. The van der Waals surface area contributed by atoms with Gasteiger partial charge in [-0.25, -0.2) is 4.98 Å². The molecule has 0 aliphatic carbocycles. The fourth-order valence-electron chi connectivity index (χ4n) is 4.46. The molecule has 0 radical (unpaired) electrons. The van der Waals surface area contributed by atoms with E-state index in [2.05, 4.69) is 5.32 Å². The van der Waals surface area contributed by atoms with Gasteiger partial charge in [-0.15, -0.1) is 0 Å². The number of hydrogen-bond donors (Lipinski definition) is 1. The number of amides is 1. The van der Waals surface area contributed by atoms with Crippen molar-refractivity contribution in [3.63, 3.8) is 0 Å². The molecule has 0 saturated heterocycles. The highest BCUT2D eigenvalue weighted by molar-refractivity contribution is 7.20. The van der Waals surface area contributed by atoms with Gasteiger partial charge in [-0.1, -0.05) is 17.4 Å². The molecule has 0 spiro atoms. The third-order valence-electron chi connectivity index (χ3n) is 5.90. The number of carbonyl (C=O) groups excluding carboxylic acids is 1. The molecule has 0 fully saturated rings. The molecule has 5 rings (SSSR count). The molecule has 0 saturated carbocycles. The van der Waals surface area contributed by atoms with Gasteiger partial charge in [-0.05, 0) is 63.6 Å². The quantitative estimate of drug-likeness (QED) is 0.369. The van der Waals surface area contributed by atoms with E-state index in [1.54, 1.807) is 11.8 Å². The fourth-order valence-corrected chi connectivity index (χ4v) is 5.41. The third kappa shape index (κ3) is 4.32. The van der Waals surface area contributed by atoms with Gasteiger partial charge in [0.05, 0.1) is 35.7 Å². The molecule has 0 bridgehead atoms. The number of fused-ring (bicyclic) bond motifs is 2. The van der Waals surface area contributed by atoms with Gasteiger partial charge >= 0.3 is 0 Å². The molecule has 2 aromatic carbocycles. The molecule has 182 valence electrons. The molecule has 9 heteroatoms. The summed E-state index contributed by atoms with van der Waals surface area (Å²) < 4.78 is 19.8. The van der Waals surface area contributed by atoms with Crippen molar-refractivity contribution in [1.82, 2.24) is 14.8 Å². The molecule has 3 heterocycles. The zero-order chi connectivity index (χ0) is 24.7. The zero-order valence-corrected chi connectivity index (χ0v) is 21.2. The van der Waals surface area contributed by atoms with Crippen LogP contribution in [0.25, 0.3) is 15.3 Å². The molecule has 8 nitrogen and oxygen atoms in total. The van der Waals surface area contributed by atoms with E-state index in [0.717, 1.165) is 32.8 Å². The van der Waals surface area contributed by atoms with Crippen molar-refractivity contribution < 1.29 is 19.0 Å². The summed E-state index contributed by atoms with van der Waals surface area (Å²) in [6.45, 7) is 8.48. The predicted octanol–water partition coefficient (Wildman–Crippen LogP) is 5.46. The number of methoxy groups -OCH3 is 1. The Labute approximate surface area is 207 Å². The number of rotatable bonds is 7. The van der Waals surface area contributed by atoms with Crippen LogP contribution < -0.4 is 19.5 Å². The number of carbonyl (C=O) groups is 1. The van der Waals surface area contributed by atoms with E-state index in [0.29, 0.717) is 35.5 Å². The highest BCUT2D eigenvalue weighted by atomic mass is 32.1. The molecule has 1 aliphatic heterocycles. The van der Waals surface area contributed by atoms with Gasteiger partial charge in [0.15, 0.2) is 11.5 Å². The van der Waals surface area contributed by atoms with E-state index >= 15 is 0 Å². The van der Waals surface area contributed by atoms with Crippen molar-refractivity contribution in [2.45, 2.75) is 46.1 Å². The maximum absolute atomic E-state index is 12.8. The van der Waals surface area contributed by atoms with Crippen molar-refractivity contribution in [1.29, 1.82) is 0 Å². The standard InChI is InChI=1S/C26H28N4O4S/c1-6-33-17-8-9-19-22(12-17)35-26(27-19)30-25-24(15(4)29-30)18(13-23(31)28-25)16-7-10-20(34-14(2)3)21(11-16)32-5/h7-12,14,18H,6,13H2,1-5H3,(H,28,31). The highest BCUT2D eigenvalue weighted by Crippen LogP contribution is 2.43. The van der Waals surface area contributed by atoms with Crippen LogP contribution in [0.15, 0.2) is 36.4 Å². The molecular formula is C26H28N4O4S. The fraction of sp³-hybridized carbons (Fsp3) is 0.346. The number of thiazole rings is 1. The molecular weight excluding hydrogens is 464 g/mol. The first kappa shape index (κ1) is 23.2. The number of aromatic nitrogens is 3. The van der Waals surface area contributed by atoms with Crippen LogP contribution in [-0.4, -0.2) is 40.5 Å². The predicted molar refractivity (Wildman–Crippen MR) is 136 cm³/mol. The van der Waals surface area contributed by atoms with Gasteiger partial charge in [-0.2, -0.15) is 9.78 Å². The van der Waals surface area contributed by atoms with Crippen LogP contribution in [0.5, 0.6) is 17.2 Å². The van der Waals surface area contributed by atoms with E-state index in [1.807, 2.05) is 64.1 Å². The number of aryl methyl sites for hydroxylation is 1. The lowest BCUT2D eigenvalue weighted by Gasteiger charge is -2.25. The van der Waals surface area contributed by atoms with Crippen LogP contribution in [0.2, 0.25) is 0 Å². The lowest BCUT2D eigenvalue weighted by Crippen LogP contribution is -2.25. The van der Waals surface area contributed by atoms with Crippen LogP contribution in [0.3, 0.4) is 0 Å². The number of ether oxygens (including phenoxy) is 3. The molecule has 1 amide bonds. The summed E-state index contributed by atoms with van der Waals surface area (Å²) in [5, 5.41) is 8.52. The largest absolute Gasteiger partial charge is 0.494 e. The Balaban J connectivity index is 1.57. The maximum atomic E-state index is 12.8.